The molecule has 2 aromatic heterocycles. The molecule has 4 heterocycles. The molecule has 2 N–H and O–H groups in total. The average molecular weight is 732 g/mol. The fraction of sp³-hybridized carbons (Fsp3) is 0.537. The minimum absolute atomic E-state index is 0.0311. The average Bonchev–Trinajstić information content (AvgIpc) is 3.68. The molecule has 0 unspecified atom stereocenters. The van der Waals surface area contributed by atoms with E-state index in [-0.39, 0.29) is 52.5 Å². The number of hydrogen-bond acceptors (Lipinski definition) is 6. The van der Waals surface area contributed by atoms with Crippen LogP contribution in [0.3, 0.4) is 0 Å². The number of alkyl halides is 2. The van der Waals surface area contributed by atoms with Gasteiger partial charge in [-0.2, -0.15) is 0 Å². The van der Waals surface area contributed by atoms with E-state index in [1.165, 1.54) is 56.6 Å². The van der Waals surface area contributed by atoms with Crippen LogP contribution in [-0.2, 0) is 5.41 Å². The number of anilines is 3. The van der Waals surface area contributed by atoms with Gasteiger partial charge in [-0.3, -0.25) is 9.69 Å². The van der Waals surface area contributed by atoms with Crippen LogP contribution in [-0.4, -0.2) is 68.5 Å². The first kappa shape index (κ1) is 35.8. The number of carbonyl (C=O) groups excluding carboxylic acids is 1. The zero-order chi connectivity index (χ0) is 37.6. The Kier molecular flexibility index (Phi) is 8.59. The van der Waals surface area contributed by atoms with Crippen molar-refractivity contribution in [1.82, 2.24) is 24.8 Å². The highest BCUT2D eigenvalue weighted by molar-refractivity contribution is 5.98. The van der Waals surface area contributed by atoms with Gasteiger partial charge in [-0.05, 0) is 103 Å². The zero-order valence-corrected chi connectivity index (χ0v) is 31.4. The number of amides is 1. The van der Waals surface area contributed by atoms with Gasteiger partial charge in [-0.15, -0.1) is 0 Å². The van der Waals surface area contributed by atoms with Gasteiger partial charge in [-0.1, -0.05) is 32.4 Å². The minimum atomic E-state index is -2.77. The second-order valence-corrected chi connectivity index (χ2v) is 17.1. The monoisotopic (exact) mass is 731 g/mol. The van der Waals surface area contributed by atoms with E-state index in [1.54, 1.807) is 6.33 Å². The van der Waals surface area contributed by atoms with Crippen molar-refractivity contribution in [3.8, 4) is 11.3 Å². The molecule has 2 aliphatic carbocycles. The molecule has 53 heavy (non-hydrogen) atoms. The van der Waals surface area contributed by atoms with Gasteiger partial charge in [0.1, 0.15) is 11.1 Å². The number of likely N-dealkylation sites (tertiary alicyclic amines) is 1. The number of nitrogens with zero attached hydrogens (tertiary/aromatic N) is 5. The molecule has 8 rings (SSSR count). The largest absolute Gasteiger partial charge is 0.367 e. The summed E-state index contributed by atoms with van der Waals surface area (Å²) in [4.78, 5) is 28.2. The molecule has 4 aromatic rings. The van der Waals surface area contributed by atoms with Gasteiger partial charge >= 0.3 is 0 Å². The number of rotatable bonds is 9. The third kappa shape index (κ3) is 6.05. The number of hydrogen-bond donors (Lipinski definition) is 2. The predicted molar refractivity (Wildman–Crippen MR) is 200 cm³/mol. The maximum absolute atomic E-state index is 15.7. The molecule has 3 fully saturated rings. The van der Waals surface area contributed by atoms with E-state index in [0.717, 1.165) is 24.9 Å². The zero-order valence-electron chi connectivity index (χ0n) is 31.4. The Labute approximate surface area is 308 Å². The lowest BCUT2D eigenvalue weighted by Gasteiger charge is -2.56. The summed E-state index contributed by atoms with van der Waals surface area (Å²) in [7, 11) is 0. The van der Waals surface area contributed by atoms with Crippen molar-refractivity contribution in [1.29, 1.82) is 0 Å². The Bertz CT molecular complexity index is 2090. The highest BCUT2D eigenvalue weighted by atomic mass is 19.3. The summed E-state index contributed by atoms with van der Waals surface area (Å²) in [6.45, 7) is 15.5. The van der Waals surface area contributed by atoms with E-state index >= 15 is 8.78 Å². The van der Waals surface area contributed by atoms with Crippen molar-refractivity contribution in [2.24, 2.45) is 0 Å². The molecule has 0 bridgehead atoms. The van der Waals surface area contributed by atoms with Gasteiger partial charge in [0.15, 0.2) is 17.5 Å². The molecule has 4 aliphatic rings. The Morgan fingerprint density at radius 1 is 0.981 bits per heavy atom. The highest BCUT2D eigenvalue weighted by Crippen LogP contribution is 2.50. The van der Waals surface area contributed by atoms with Crippen LogP contribution in [0.5, 0.6) is 0 Å². The van der Waals surface area contributed by atoms with Crippen LogP contribution in [0.25, 0.3) is 22.3 Å². The van der Waals surface area contributed by atoms with Crippen molar-refractivity contribution < 1.29 is 22.4 Å². The number of pyridine rings is 1. The number of benzene rings is 2. The molecule has 2 aliphatic heterocycles. The van der Waals surface area contributed by atoms with Crippen LogP contribution < -0.4 is 15.5 Å². The van der Waals surface area contributed by atoms with Crippen molar-refractivity contribution in [2.75, 3.05) is 29.9 Å². The molecular formula is C41H49F4N7O. The van der Waals surface area contributed by atoms with Gasteiger partial charge < -0.3 is 20.1 Å². The number of halogens is 4. The summed E-state index contributed by atoms with van der Waals surface area (Å²) in [6, 6.07) is 9.93. The van der Waals surface area contributed by atoms with Crippen LogP contribution in [0.2, 0.25) is 0 Å². The fourth-order valence-corrected chi connectivity index (χ4v) is 8.97. The van der Waals surface area contributed by atoms with Crippen LogP contribution in [0.1, 0.15) is 107 Å². The first-order valence-electron chi connectivity index (χ1n) is 19.0. The number of piperidine rings is 1. The number of imidazole rings is 1. The molecule has 2 aromatic carbocycles. The maximum Gasteiger partial charge on any atom is 0.261 e. The SMILES string of the molecule is Cc1c(C(=O)NC2(C(F)F)CC2)cc(Nc2nc(-c3ccc4c(c3)N([C@H]3C[C@@](C)(N5CCCCC5)C3)CC4(C)C)cc3ncn(C(C)C)c23)c(F)c1F. The lowest BCUT2D eigenvalue weighted by atomic mass is 9.71. The summed E-state index contributed by atoms with van der Waals surface area (Å²) in [5.41, 5.74) is 2.89. The van der Waals surface area contributed by atoms with E-state index in [2.05, 4.69) is 64.4 Å². The van der Waals surface area contributed by atoms with Crippen molar-refractivity contribution in [2.45, 2.75) is 121 Å². The smallest absolute Gasteiger partial charge is 0.261 e. The molecule has 0 spiro atoms. The molecular weight excluding hydrogens is 682 g/mol. The van der Waals surface area contributed by atoms with Crippen LogP contribution in [0.4, 0.5) is 34.8 Å². The number of aromatic nitrogens is 3. The Morgan fingerprint density at radius 2 is 1.70 bits per heavy atom. The molecule has 8 nitrogen and oxygen atoms in total. The third-order valence-electron chi connectivity index (χ3n) is 12.4. The first-order chi connectivity index (χ1) is 25.1. The summed E-state index contributed by atoms with van der Waals surface area (Å²) >= 11 is 0. The van der Waals surface area contributed by atoms with Gasteiger partial charge in [-0.25, -0.2) is 27.5 Å². The lowest BCUT2D eigenvalue weighted by Crippen LogP contribution is -2.63. The second kappa shape index (κ2) is 12.7. The molecule has 282 valence electrons. The lowest BCUT2D eigenvalue weighted by molar-refractivity contribution is 0.00197. The van der Waals surface area contributed by atoms with Crippen molar-refractivity contribution in [3.63, 3.8) is 0 Å². The molecule has 0 atom stereocenters. The highest BCUT2D eigenvalue weighted by Gasteiger charge is 2.53. The van der Waals surface area contributed by atoms with Crippen molar-refractivity contribution in [3.05, 3.63) is 65.0 Å². The molecule has 2 saturated carbocycles. The van der Waals surface area contributed by atoms with Crippen LogP contribution in [0, 0.1) is 18.6 Å². The first-order valence-corrected chi connectivity index (χ1v) is 19.0. The summed E-state index contributed by atoms with van der Waals surface area (Å²) < 4.78 is 60.3. The van der Waals surface area contributed by atoms with Crippen molar-refractivity contribution >= 4 is 34.1 Å². The number of fused-ring (bicyclic) bond motifs is 2. The van der Waals surface area contributed by atoms with E-state index in [0.29, 0.717) is 22.8 Å². The van der Waals surface area contributed by atoms with Gasteiger partial charge in [0, 0.05) is 52.0 Å². The van der Waals surface area contributed by atoms with Gasteiger partial charge in [0.25, 0.3) is 12.3 Å². The molecule has 1 saturated heterocycles. The molecule has 1 amide bonds. The topological polar surface area (TPSA) is 78.3 Å². The van der Waals surface area contributed by atoms with Gasteiger partial charge in [0.2, 0.25) is 0 Å². The fourth-order valence-electron chi connectivity index (χ4n) is 8.97. The maximum atomic E-state index is 15.7. The summed E-state index contributed by atoms with van der Waals surface area (Å²) in [5, 5.41) is 5.36. The third-order valence-corrected chi connectivity index (χ3v) is 12.4. The minimum Gasteiger partial charge on any atom is -0.367 e. The summed E-state index contributed by atoms with van der Waals surface area (Å²) in [6.07, 6.45) is 5.28. The Hall–Kier alpha value is -4.19. The van der Waals surface area contributed by atoms with E-state index in [1.807, 2.05) is 24.5 Å². The van der Waals surface area contributed by atoms with E-state index < -0.39 is 29.5 Å². The Morgan fingerprint density at radius 3 is 2.36 bits per heavy atom. The molecule has 12 heteroatoms. The normalized spacial score (nSPS) is 23.4. The number of nitrogens with one attached hydrogen (secondary N) is 2. The summed E-state index contributed by atoms with van der Waals surface area (Å²) in [5.74, 6) is -3.08. The number of carbonyl (C=O) groups is 1. The quantitative estimate of drug-likeness (QED) is 0.167. The second-order valence-electron chi connectivity index (χ2n) is 17.1. The molecule has 0 radical (unpaired) electrons. The van der Waals surface area contributed by atoms with E-state index in [9.17, 15) is 13.6 Å². The van der Waals surface area contributed by atoms with Crippen LogP contribution >= 0.6 is 0 Å². The Balaban J connectivity index is 1.15. The predicted octanol–water partition coefficient (Wildman–Crippen LogP) is 9.04. The standard InChI is InChI=1S/C41H49F4N7O/c1-23(2)52-22-46-31-18-29(25-10-11-28-32(16-25)51(21-39(28,4)5)26-19-40(6,20-26)50-14-8-7-9-15-50)47-36(35(31)52)48-30-17-27(24(3)33(42)34(30)43)37(53)49-41(12-13-41)38(44)45/h10-11,16-18,22-23,26,38H,7-9,12-15,19-21H2,1-6H3,(H,47,48)(H,49,53)/t26-,40+. The van der Waals surface area contributed by atoms with E-state index in [4.69, 9.17) is 4.98 Å². The van der Waals surface area contributed by atoms with Gasteiger partial charge in [0.05, 0.1) is 23.2 Å². The van der Waals surface area contributed by atoms with Crippen LogP contribution in [0.15, 0.2) is 36.7 Å².